The van der Waals surface area contributed by atoms with Crippen LogP contribution in [0.25, 0.3) is 0 Å². The smallest absolute Gasteiger partial charge is 0.407 e. The van der Waals surface area contributed by atoms with E-state index in [0.29, 0.717) is 5.69 Å². The van der Waals surface area contributed by atoms with Crippen LogP contribution in [0.5, 0.6) is 0 Å². The topological polar surface area (TPSA) is 80.5 Å². The van der Waals surface area contributed by atoms with Crippen molar-refractivity contribution in [2.45, 2.75) is 38.8 Å². The average Bonchev–Trinajstić information content (AvgIpc) is 2.75. The Morgan fingerprint density at radius 1 is 1.55 bits per heavy atom. The first-order chi connectivity index (χ1) is 9.35. The number of nitrogens with two attached hydrogens (primary N) is 1. The molecule has 1 aliphatic rings. The predicted molar refractivity (Wildman–Crippen MR) is 78.6 cm³/mol. The molecule has 20 heavy (non-hydrogen) atoms. The van der Waals surface area contributed by atoms with Crippen LogP contribution >= 0.6 is 0 Å². The van der Waals surface area contributed by atoms with Gasteiger partial charge in [-0.25, -0.2) is 4.79 Å². The number of anilines is 2. The number of rotatable bonds is 2. The lowest BCUT2D eigenvalue weighted by atomic mass is 10.2. The highest BCUT2D eigenvalue weighted by atomic mass is 16.6. The van der Waals surface area contributed by atoms with Gasteiger partial charge in [-0.15, -0.1) is 0 Å². The van der Waals surface area contributed by atoms with Gasteiger partial charge in [-0.05, 0) is 33.3 Å². The summed E-state index contributed by atoms with van der Waals surface area (Å²) in [5, 5.41) is 2.90. The number of hydrogen-bond donors (Lipinski definition) is 2. The van der Waals surface area contributed by atoms with Crippen LogP contribution in [0.4, 0.5) is 16.2 Å². The number of nitrogens with one attached hydrogen (secondary N) is 1. The summed E-state index contributed by atoms with van der Waals surface area (Å²) in [6, 6.07) is 1.97. The van der Waals surface area contributed by atoms with Crippen LogP contribution in [0.1, 0.15) is 27.2 Å². The first kappa shape index (κ1) is 14.4. The van der Waals surface area contributed by atoms with Crippen molar-refractivity contribution in [3.05, 3.63) is 18.5 Å². The van der Waals surface area contributed by atoms with Crippen LogP contribution < -0.4 is 16.0 Å². The Morgan fingerprint density at radius 2 is 2.30 bits per heavy atom. The molecule has 0 aliphatic carbocycles. The van der Waals surface area contributed by atoms with Gasteiger partial charge in [0.1, 0.15) is 5.60 Å². The number of amides is 1. The number of hydrogen-bond acceptors (Lipinski definition) is 5. The third-order valence-electron chi connectivity index (χ3n) is 3.08. The molecule has 0 unspecified atom stereocenters. The van der Waals surface area contributed by atoms with Gasteiger partial charge in [0, 0.05) is 19.3 Å². The fourth-order valence-electron chi connectivity index (χ4n) is 2.26. The number of nitrogens with zero attached hydrogens (tertiary/aromatic N) is 2. The minimum absolute atomic E-state index is 0.0809. The quantitative estimate of drug-likeness (QED) is 0.861. The summed E-state index contributed by atoms with van der Waals surface area (Å²) in [6.07, 6.45) is 3.87. The second kappa shape index (κ2) is 5.56. The summed E-state index contributed by atoms with van der Waals surface area (Å²) >= 11 is 0. The zero-order valence-corrected chi connectivity index (χ0v) is 12.2. The van der Waals surface area contributed by atoms with Gasteiger partial charge >= 0.3 is 6.09 Å². The van der Waals surface area contributed by atoms with Crippen molar-refractivity contribution in [3.8, 4) is 0 Å². The lowest BCUT2D eigenvalue weighted by Crippen LogP contribution is -2.40. The first-order valence-electron chi connectivity index (χ1n) is 6.79. The molecule has 1 atom stereocenters. The van der Waals surface area contributed by atoms with Crippen molar-refractivity contribution in [2.24, 2.45) is 0 Å². The van der Waals surface area contributed by atoms with E-state index in [-0.39, 0.29) is 12.1 Å². The van der Waals surface area contributed by atoms with Crippen LogP contribution in [0.15, 0.2) is 18.5 Å². The fraction of sp³-hybridized carbons (Fsp3) is 0.571. The summed E-state index contributed by atoms with van der Waals surface area (Å²) in [5.41, 5.74) is 7.06. The molecular formula is C14H22N4O2. The van der Waals surface area contributed by atoms with Crippen molar-refractivity contribution in [3.63, 3.8) is 0 Å². The van der Waals surface area contributed by atoms with Crippen LogP contribution in [-0.4, -0.2) is 35.8 Å². The molecule has 1 aromatic heterocycles. The summed E-state index contributed by atoms with van der Waals surface area (Å²) in [7, 11) is 0. The Labute approximate surface area is 119 Å². The van der Waals surface area contributed by atoms with Gasteiger partial charge < -0.3 is 20.7 Å². The fourth-order valence-corrected chi connectivity index (χ4v) is 2.26. The van der Waals surface area contributed by atoms with E-state index < -0.39 is 5.60 Å². The molecule has 0 saturated carbocycles. The van der Waals surface area contributed by atoms with Crippen LogP contribution in [0.2, 0.25) is 0 Å². The van der Waals surface area contributed by atoms with E-state index in [4.69, 9.17) is 10.5 Å². The zero-order chi connectivity index (χ0) is 14.8. The molecule has 0 spiro atoms. The molecule has 1 fully saturated rings. The molecule has 2 heterocycles. The highest BCUT2D eigenvalue weighted by molar-refractivity contribution is 5.69. The Kier molecular flexibility index (Phi) is 4.01. The number of ether oxygens (including phenoxy) is 1. The van der Waals surface area contributed by atoms with Crippen LogP contribution in [0, 0.1) is 0 Å². The maximum atomic E-state index is 11.7. The number of nitrogen functional groups attached to an aromatic ring is 1. The van der Waals surface area contributed by atoms with E-state index >= 15 is 0 Å². The lowest BCUT2D eigenvalue weighted by molar-refractivity contribution is 0.0509. The second-order valence-electron chi connectivity index (χ2n) is 6.01. The highest BCUT2D eigenvalue weighted by Gasteiger charge is 2.27. The second-order valence-corrected chi connectivity index (χ2v) is 6.01. The van der Waals surface area contributed by atoms with E-state index in [1.165, 1.54) is 0 Å². The maximum absolute atomic E-state index is 11.7. The molecule has 110 valence electrons. The Hall–Kier alpha value is -1.98. The standard InChI is InChI=1S/C14H22N4O2/c1-14(2,3)20-13(19)17-10-5-7-18(9-10)12-4-6-16-8-11(12)15/h4,6,8,10H,5,7,9,15H2,1-3H3,(H,17,19)/t10-/m0/s1. The first-order valence-corrected chi connectivity index (χ1v) is 6.79. The summed E-state index contributed by atoms with van der Waals surface area (Å²) in [6.45, 7) is 7.14. The highest BCUT2D eigenvalue weighted by Crippen LogP contribution is 2.25. The summed E-state index contributed by atoms with van der Waals surface area (Å²) < 4.78 is 5.26. The van der Waals surface area contributed by atoms with Gasteiger partial charge in [0.15, 0.2) is 0 Å². The Morgan fingerprint density at radius 3 is 2.95 bits per heavy atom. The minimum Gasteiger partial charge on any atom is -0.444 e. The zero-order valence-electron chi connectivity index (χ0n) is 12.2. The minimum atomic E-state index is -0.474. The number of alkyl carbamates (subject to hydrolysis) is 1. The number of aromatic nitrogens is 1. The SMILES string of the molecule is CC(C)(C)OC(=O)N[C@H]1CCN(c2ccncc2N)C1. The molecular weight excluding hydrogens is 256 g/mol. The van der Waals surface area contributed by atoms with E-state index in [9.17, 15) is 4.79 Å². The Balaban J connectivity index is 1.90. The van der Waals surface area contributed by atoms with Gasteiger partial charge in [0.25, 0.3) is 0 Å². The largest absolute Gasteiger partial charge is 0.444 e. The summed E-state index contributed by atoms with van der Waals surface area (Å²) in [5.74, 6) is 0. The predicted octanol–water partition coefficient (Wildman–Crippen LogP) is 1.77. The third-order valence-corrected chi connectivity index (χ3v) is 3.08. The third kappa shape index (κ3) is 3.76. The number of carbonyl (C=O) groups excluding carboxylic acids is 1. The molecule has 6 heteroatoms. The van der Waals surface area contributed by atoms with Crippen molar-refractivity contribution in [2.75, 3.05) is 23.7 Å². The van der Waals surface area contributed by atoms with Crippen molar-refractivity contribution >= 4 is 17.5 Å². The molecule has 1 amide bonds. The number of carbonyl (C=O) groups is 1. The summed E-state index contributed by atoms with van der Waals surface area (Å²) in [4.78, 5) is 17.9. The molecule has 3 N–H and O–H groups in total. The van der Waals surface area contributed by atoms with Gasteiger partial charge in [-0.2, -0.15) is 0 Å². The van der Waals surface area contributed by atoms with Gasteiger partial charge in [-0.1, -0.05) is 0 Å². The van der Waals surface area contributed by atoms with Crippen LogP contribution in [-0.2, 0) is 4.74 Å². The molecule has 6 nitrogen and oxygen atoms in total. The van der Waals surface area contributed by atoms with Crippen LogP contribution in [0.3, 0.4) is 0 Å². The molecule has 2 rings (SSSR count). The van der Waals surface area contributed by atoms with E-state index in [1.54, 1.807) is 12.4 Å². The normalized spacial score (nSPS) is 18.9. The molecule has 1 aromatic rings. The number of pyridine rings is 1. The van der Waals surface area contributed by atoms with E-state index in [1.807, 2.05) is 26.8 Å². The van der Waals surface area contributed by atoms with E-state index in [0.717, 1.165) is 25.2 Å². The lowest BCUT2D eigenvalue weighted by Gasteiger charge is -2.23. The molecule has 1 aliphatic heterocycles. The molecule has 0 radical (unpaired) electrons. The molecule has 0 aromatic carbocycles. The van der Waals surface area contributed by atoms with Crippen molar-refractivity contribution in [1.82, 2.24) is 10.3 Å². The van der Waals surface area contributed by atoms with Crippen molar-refractivity contribution < 1.29 is 9.53 Å². The molecule has 0 bridgehead atoms. The van der Waals surface area contributed by atoms with E-state index in [2.05, 4.69) is 15.2 Å². The van der Waals surface area contributed by atoms with Gasteiger partial charge in [0.2, 0.25) is 0 Å². The maximum Gasteiger partial charge on any atom is 0.407 e. The Bertz CT molecular complexity index is 484. The monoisotopic (exact) mass is 278 g/mol. The van der Waals surface area contributed by atoms with Gasteiger partial charge in [-0.3, -0.25) is 4.98 Å². The average molecular weight is 278 g/mol. The van der Waals surface area contributed by atoms with Gasteiger partial charge in [0.05, 0.1) is 23.6 Å². The molecule has 1 saturated heterocycles. The van der Waals surface area contributed by atoms with Crippen molar-refractivity contribution in [1.29, 1.82) is 0 Å².